The molecule has 3 aromatic heterocycles. The van der Waals surface area contributed by atoms with E-state index in [9.17, 15) is 0 Å². The van der Waals surface area contributed by atoms with Crippen LogP contribution in [0.15, 0.2) is 60.5 Å². The highest BCUT2D eigenvalue weighted by atomic mass is 15.3. The van der Waals surface area contributed by atoms with Gasteiger partial charge < -0.3 is 21.7 Å². The minimum absolute atomic E-state index is 0.286. The van der Waals surface area contributed by atoms with E-state index in [0.29, 0.717) is 11.6 Å². The Bertz CT molecular complexity index is 1110. The number of rotatable bonds is 8. The van der Waals surface area contributed by atoms with Crippen LogP contribution in [0.4, 0.5) is 5.82 Å². The molecule has 0 amide bonds. The van der Waals surface area contributed by atoms with Crippen molar-refractivity contribution in [3.63, 3.8) is 0 Å². The summed E-state index contributed by atoms with van der Waals surface area (Å²) in [6.07, 6.45) is 10.5. The number of pyridine rings is 2. The molecule has 1 aliphatic rings. The van der Waals surface area contributed by atoms with Crippen LogP contribution >= 0.6 is 0 Å². The van der Waals surface area contributed by atoms with Crippen molar-refractivity contribution >= 4 is 16.9 Å². The first-order valence-corrected chi connectivity index (χ1v) is 10.7. The molecule has 0 radical (unpaired) electrons. The van der Waals surface area contributed by atoms with Crippen LogP contribution < -0.4 is 16.8 Å². The van der Waals surface area contributed by atoms with Gasteiger partial charge in [0.1, 0.15) is 11.6 Å². The van der Waals surface area contributed by atoms with Crippen LogP contribution in [0.1, 0.15) is 20.3 Å². The highest BCUT2D eigenvalue weighted by Gasteiger charge is 2.13. The van der Waals surface area contributed by atoms with E-state index in [2.05, 4.69) is 45.3 Å². The van der Waals surface area contributed by atoms with Crippen LogP contribution in [0, 0.1) is 5.92 Å². The molecule has 0 atom stereocenters. The Balaban J connectivity index is 1.50. The summed E-state index contributed by atoms with van der Waals surface area (Å²) in [5, 5.41) is 7.64. The quantitative estimate of drug-likeness (QED) is 0.482. The second kappa shape index (κ2) is 9.18. The number of hydrogen-bond donors (Lipinski definition) is 3. The van der Waals surface area contributed by atoms with Gasteiger partial charge in [0.05, 0.1) is 23.8 Å². The SMILES string of the molecule is CC(C)C(=C/N)/C=C(\N)Nc1ccc2ncc(-c3cnn(CCN4CCC4)c3)cc2n1. The molecule has 1 saturated heterocycles. The minimum atomic E-state index is 0.286. The first kappa shape index (κ1) is 20.9. The fourth-order valence-corrected chi connectivity index (χ4v) is 3.49. The van der Waals surface area contributed by atoms with Gasteiger partial charge in [0.25, 0.3) is 0 Å². The maximum absolute atomic E-state index is 6.14. The molecule has 5 N–H and O–H groups in total. The molecule has 0 bridgehead atoms. The number of nitrogens with one attached hydrogen (secondary N) is 1. The van der Waals surface area contributed by atoms with Crippen molar-refractivity contribution in [2.24, 2.45) is 17.4 Å². The number of anilines is 1. The monoisotopic (exact) mass is 418 g/mol. The van der Waals surface area contributed by atoms with Gasteiger partial charge in [-0.3, -0.25) is 9.67 Å². The number of aromatic nitrogens is 4. The Morgan fingerprint density at radius 3 is 2.71 bits per heavy atom. The number of allylic oxidation sites excluding steroid dienone is 2. The van der Waals surface area contributed by atoms with E-state index in [-0.39, 0.29) is 5.92 Å². The Kier molecular flexibility index (Phi) is 6.18. The zero-order valence-corrected chi connectivity index (χ0v) is 18.1. The largest absolute Gasteiger partial charge is 0.404 e. The summed E-state index contributed by atoms with van der Waals surface area (Å²) in [6, 6.07) is 5.83. The van der Waals surface area contributed by atoms with Crippen molar-refractivity contribution in [3.05, 3.63) is 60.5 Å². The van der Waals surface area contributed by atoms with Gasteiger partial charge in [0.15, 0.2) is 0 Å². The fourth-order valence-electron chi connectivity index (χ4n) is 3.49. The van der Waals surface area contributed by atoms with Crippen molar-refractivity contribution < 1.29 is 0 Å². The maximum atomic E-state index is 6.14. The lowest BCUT2D eigenvalue weighted by molar-refractivity contribution is 0.172. The molecule has 4 rings (SSSR count). The van der Waals surface area contributed by atoms with Crippen molar-refractivity contribution in [2.75, 3.05) is 25.0 Å². The number of likely N-dealkylation sites (tertiary alicyclic amines) is 1. The molecule has 0 saturated carbocycles. The van der Waals surface area contributed by atoms with Crippen molar-refractivity contribution in [2.45, 2.75) is 26.8 Å². The van der Waals surface area contributed by atoms with Crippen LogP contribution in [0.2, 0.25) is 0 Å². The molecular weight excluding hydrogens is 388 g/mol. The summed E-state index contributed by atoms with van der Waals surface area (Å²) >= 11 is 0. The summed E-state index contributed by atoms with van der Waals surface area (Å²) in [4.78, 5) is 11.7. The molecule has 1 fully saturated rings. The van der Waals surface area contributed by atoms with E-state index < -0.39 is 0 Å². The molecule has 3 aromatic rings. The third-order valence-corrected chi connectivity index (χ3v) is 5.55. The lowest BCUT2D eigenvalue weighted by Gasteiger charge is -2.30. The number of fused-ring (bicyclic) bond motifs is 1. The molecule has 8 heteroatoms. The van der Waals surface area contributed by atoms with Crippen molar-refractivity contribution in [3.8, 4) is 11.1 Å². The molecule has 31 heavy (non-hydrogen) atoms. The number of nitrogens with zero attached hydrogens (tertiary/aromatic N) is 5. The Morgan fingerprint density at radius 1 is 1.16 bits per heavy atom. The summed E-state index contributed by atoms with van der Waals surface area (Å²) in [7, 11) is 0. The molecule has 0 spiro atoms. The Hall–Kier alpha value is -3.39. The Labute approximate surface area is 182 Å². The van der Waals surface area contributed by atoms with Crippen molar-refractivity contribution in [1.29, 1.82) is 0 Å². The zero-order chi connectivity index (χ0) is 21.8. The summed E-state index contributed by atoms with van der Waals surface area (Å²) in [5.41, 5.74) is 16.4. The van der Waals surface area contributed by atoms with Gasteiger partial charge in [-0.05, 0) is 61.5 Å². The maximum Gasteiger partial charge on any atom is 0.132 e. The molecule has 1 aliphatic heterocycles. The zero-order valence-electron chi connectivity index (χ0n) is 18.1. The first-order valence-electron chi connectivity index (χ1n) is 10.7. The van der Waals surface area contributed by atoms with Gasteiger partial charge in [-0.15, -0.1) is 0 Å². The normalized spacial score (nSPS) is 15.5. The van der Waals surface area contributed by atoms with E-state index in [0.717, 1.165) is 40.8 Å². The van der Waals surface area contributed by atoms with Crippen LogP contribution in [0.25, 0.3) is 22.2 Å². The number of nitrogens with two attached hydrogens (primary N) is 2. The summed E-state index contributed by atoms with van der Waals surface area (Å²) in [5.74, 6) is 1.43. The lowest BCUT2D eigenvalue weighted by Crippen LogP contribution is -2.39. The predicted molar refractivity (Wildman–Crippen MR) is 125 cm³/mol. The van der Waals surface area contributed by atoms with E-state index in [4.69, 9.17) is 11.5 Å². The molecule has 0 unspecified atom stereocenters. The standard InChI is InChI=1S/C23H30N8/c1-16(2)17(12-24)11-22(25)29-23-5-4-20-21(28-23)10-18(13-26-20)19-14-27-31(15-19)9-8-30-6-3-7-30/h4-5,10-16H,3,6-9,24-25H2,1-2H3,(H,28,29)/b17-12+,22-11+. The molecular formula is C23H30N8. The molecule has 4 heterocycles. The van der Waals surface area contributed by atoms with Gasteiger partial charge >= 0.3 is 0 Å². The average molecular weight is 419 g/mol. The third kappa shape index (κ3) is 5.03. The smallest absolute Gasteiger partial charge is 0.132 e. The van der Waals surface area contributed by atoms with Crippen LogP contribution in [0.5, 0.6) is 0 Å². The topological polar surface area (TPSA) is 111 Å². The number of hydrogen-bond acceptors (Lipinski definition) is 7. The molecule has 8 nitrogen and oxygen atoms in total. The van der Waals surface area contributed by atoms with Gasteiger partial charge in [-0.2, -0.15) is 5.10 Å². The van der Waals surface area contributed by atoms with Crippen LogP contribution in [-0.2, 0) is 6.54 Å². The van der Waals surface area contributed by atoms with E-state index in [1.54, 1.807) is 6.20 Å². The highest BCUT2D eigenvalue weighted by molar-refractivity contribution is 5.81. The second-order valence-corrected chi connectivity index (χ2v) is 8.19. The van der Waals surface area contributed by atoms with Gasteiger partial charge in [0, 0.05) is 30.1 Å². The van der Waals surface area contributed by atoms with E-state index >= 15 is 0 Å². The fraction of sp³-hybridized carbons (Fsp3) is 0.348. The van der Waals surface area contributed by atoms with Crippen LogP contribution in [-0.4, -0.2) is 44.3 Å². The minimum Gasteiger partial charge on any atom is -0.404 e. The summed E-state index contributed by atoms with van der Waals surface area (Å²) in [6.45, 7) is 8.47. The van der Waals surface area contributed by atoms with E-state index in [1.807, 2.05) is 41.4 Å². The average Bonchev–Trinajstić information content (AvgIpc) is 3.19. The molecule has 0 aliphatic carbocycles. The van der Waals surface area contributed by atoms with Gasteiger partial charge in [0.2, 0.25) is 0 Å². The van der Waals surface area contributed by atoms with Gasteiger partial charge in [-0.25, -0.2) is 4.98 Å². The van der Waals surface area contributed by atoms with Gasteiger partial charge in [-0.1, -0.05) is 13.8 Å². The summed E-state index contributed by atoms with van der Waals surface area (Å²) < 4.78 is 1.99. The molecule has 162 valence electrons. The Morgan fingerprint density at radius 2 is 2.00 bits per heavy atom. The van der Waals surface area contributed by atoms with Crippen LogP contribution in [0.3, 0.4) is 0 Å². The second-order valence-electron chi connectivity index (χ2n) is 8.19. The lowest BCUT2D eigenvalue weighted by atomic mass is 10.0. The third-order valence-electron chi connectivity index (χ3n) is 5.55. The highest BCUT2D eigenvalue weighted by Crippen LogP contribution is 2.23. The predicted octanol–water partition coefficient (Wildman–Crippen LogP) is 2.91. The first-order chi connectivity index (χ1) is 15.0. The van der Waals surface area contributed by atoms with Crippen molar-refractivity contribution in [1.82, 2.24) is 24.6 Å². The van der Waals surface area contributed by atoms with E-state index in [1.165, 1.54) is 19.5 Å². The molecule has 0 aromatic carbocycles.